The molecule has 0 saturated heterocycles. The van der Waals surface area contributed by atoms with Crippen LogP contribution in [0.25, 0.3) is 88.4 Å². The number of fused-ring (bicyclic) bond motifs is 6. The topological polar surface area (TPSA) is 26.3 Å². The summed E-state index contributed by atoms with van der Waals surface area (Å²) in [5.74, 6) is -0.00780. The van der Waals surface area contributed by atoms with Crippen LogP contribution in [0, 0.1) is 0 Å². The molecule has 0 N–H and O–H groups in total. The average Bonchev–Trinajstić information content (AvgIpc) is 3.85. The van der Waals surface area contributed by atoms with E-state index in [1.165, 1.54) is 50.1 Å². The molecule has 2 heterocycles. The van der Waals surface area contributed by atoms with Crippen molar-refractivity contribution in [1.82, 2.24) is 0 Å². The summed E-state index contributed by atoms with van der Waals surface area (Å²) in [6.45, 7) is 0. The molecule has 57 heavy (non-hydrogen) atoms. The van der Waals surface area contributed by atoms with Gasteiger partial charge in [-0.3, -0.25) is 0 Å². The van der Waals surface area contributed by atoms with E-state index in [9.17, 15) is 0 Å². The zero-order valence-electron chi connectivity index (χ0n) is 31.1. The lowest BCUT2D eigenvalue weighted by Crippen LogP contribution is -2.04. The minimum Gasteiger partial charge on any atom is -0.456 e. The minimum absolute atomic E-state index is 0.00780. The maximum Gasteiger partial charge on any atom is 0.135 e. The summed E-state index contributed by atoms with van der Waals surface area (Å²) in [5, 5.41) is 4.53. The van der Waals surface area contributed by atoms with Crippen LogP contribution >= 0.6 is 0 Å². The molecule has 0 amide bonds. The Kier molecular flexibility index (Phi) is 7.93. The second-order valence-electron chi connectivity index (χ2n) is 14.9. The molecule has 0 unspecified atom stereocenters. The van der Waals surface area contributed by atoms with Crippen molar-refractivity contribution in [3.05, 3.63) is 229 Å². The van der Waals surface area contributed by atoms with Crippen LogP contribution in [0.4, 0.5) is 0 Å². The largest absolute Gasteiger partial charge is 0.456 e. The predicted octanol–water partition coefficient (Wildman–Crippen LogP) is 15.3. The van der Waals surface area contributed by atoms with Gasteiger partial charge >= 0.3 is 0 Å². The summed E-state index contributed by atoms with van der Waals surface area (Å²) in [5.41, 5.74) is 16.8. The Hall–Kier alpha value is -7.42. The number of benzene rings is 9. The highest BCUT2D eigenvalue weighted by Gasteiger charge is 2.20. The molecule has 268 valence electrons. The Morgan fingerprint density at radius 2 is 0.614 bits per heavy atom. The van der Waals surface area contributed by atoms with Gasteiger partial charge in [-0.1, -0.05) is 170 Å². The zero-order valence-corrected chi connectivity index (χ0v) is 31.1. The van der Waals surface area contributed by atoms with Crippen LogP contribution in [0.15, 0.2) is 221 Å². The predicted molar refractivity (Wildman–Crippen MR) is 237 cm³/mol. The highest BCUT2D eigenvalue weighted by atomic mass is 16.3. The van der Waals surface area contributed by atoms with Crippen molar-refractivity contribution >= 4 is 43.9 Å². The van der Waals surface area contributed by atoms with E-state index in [1.54, 1.807) is 0 Å². The first kappa shape index (κ1) is 33.0. The summed E-state index contributed by atoms with van der Waals surface area (Å²) in [6, 6.07) is 76.3. The molecule has 9 aromatic carbocycles. The van der Waals surface area contributed by atoms with Gasteiger partial charge in [-0.2, -0.15) is 0 Å². The third-order valence-electron chi connectivity index (χ3n) is 11.4. The first-order valence-electron chi connectivity index (χ1n) is 19.5. The lowest BCUT2D eigenvalue weighted by atomic mass is 9.82. The standard InChI is InChI=1S/C55H36O2/c1-2-11-36(12-3-1)39-13-8-14-40(31-39)37-23-25-38(26-24-37)55(45-17-9-15-41(32-45)43-27-29-53-49(34-43)47-19-4-6-21-51(47)56-53)46-18-10-16-42(33-46)44-28-30-54-50(35-44)48-20-5-7-22-52(48)57-54/h1-35,55H. The summed E-state index contributed by atoms with van der Waals surface area (Å²) in [4.78, 5) is 0. The van der Waals surface area contributed by atoms with E-state index in [-0.39, 0.29) is 5.92 Å². The number of hydrogen-bond acceptors (Lipinski definition) is 2. The minimum atomic E-state index is -0.00780. The number of hydrogen-bond donors (Lipinski definition) is 0. The van der Waals surface area contributed by atoms with E-state index in [4.69, 9.17) is 8.83 Å². The maximum atomic E-state index is 6.17. The van der Waals surface area contributed by atoms with Gasteiger partial charge < -0.3 is 8.83 Å². The van der Waals surface area contributed by atoms with Crippen molar-refractivity contribution in [3.8, 4) is 44.5 Å². The van der Waals surface area contributed by atoms with E-state index in [0.29, 0.717) is 0 Å². The second kappa shape index (κ2) is 13.7. The molecule has 11 aromatic rings. The number of furan rings is 2. The molecule has 0 aliphatic heterocycles. The third kappa shape index (κ3) is 6.00. The van der Waals surface area contributed by atoms with Crippen molar-refractivity contribution in [1.29, 1.82) is 0 Å². The van der Waals surface area contributed by atoms with Gasteiger partial charge in [0.2, 0.25) is 0 Å². The van der Waals surface area contributed by atoms with Gasteiger partial charge in [-0.25, -0.2) is 0 Å². The molecule has 0 radical (unpaired) electrons. The van der Waals surface area contributed by atoms with Crippen molar-refractivity contribution in [2.45, 2.75) is 5.92 Å². The van der Waals surface area contributed by atoms with Crippen LogP contribution in [0.2, 0.25) is 0 Å². The van der Waals surface area contributed by atoms with E-state index in [0.717, 1.165) is 55.0 Å². The fourth-order valence-corrected chi connectivity index (χ4v) is 8.56. The lowest BCUT2D eigenvalue weighted by Gasteiger charge is -2.21. The van der Waals surface area contributed by atoms with E-state index in [1.807, 2.05) is 24.3 Å². The summed E-state index contributed by atoms with van der Waals surface area (Å²) >= 11 is 0. The van der Waals surface area contributed by atoms with Crippen molar-refractivity contribution < 1.29 is 8.83 Å². The SMILES string of the molecule is c1ccc(-c2cccc(-c3ccc(C(c4cccc(-c5ccc6oc7ccccc7c6c5)c4)c4cccc(-c5ccc6oc7ccccc7c6c5)c4)cc3)c2)cc1. The maximum absolute atomic E-state index is 6.17. The number of rotatable bonds is 7. The molecule has 2 aromatic heterocycles. The van der Waals surface area contributed by atoms with Crippen LogP contribution in [0.5, 0.6) is 0 Å². The highest BCUT2D eigenvalue weighted by Crippen LogP contribution is 2.39. The van der Waals surface area contributed by atoms with Gasteiger partial charge in [0.1, 0.15) is 22.3 Å². The monoisotopic (exact) mass is 728 g/mol. The van der Waals surface area contributed by atoms with Gasteiger partial charge in [-0.15, -0.1) is 0 Å². The lowest BCUT2D eigenvalue weighted by molar-refractivity contribution is 0.668. The quantitative estimate of drug-likeness (QED) is 0.153. The molecule has 0 bridgehead atoms. The Morgan fingerprint density at radius 1 is 0.228 bits per heavy atom. The smallest absolute Gasteiger partial charge is 0.135 e. The molecule has 2 nitrogen and oxygen atoms in total. The molecule has 11 rings (SSSR count). The molecule has 0 fully saturated rings. The van der Waals surface area contributed by atoms with E-state index in [2.05, 4.69) is 188 Å². The van der Waals surface area contributed by atoms with Gasteiger partial charge in [0.25, 0.3) is 0 Å². The van der Waals surface area contributed by atoms with Gasteiger partial charge in [0, 0.05) is 27.5 Å². The average molecular weight is 729 g/mol. The Morgan fingerprint density at radius 3 is 1.16 bits per heavy atom. The van der Waals surface area contributed by atoms with Crippen LogP contribution in [0.1, 0.15) is 22.6 Å². The summed E-state index contributed by atoms with van der Waals surface area (Å²) in [6.07, 6.45) is 0. The molecule has 0 aliphatic carbocycles. The Labute approximate surface area is 330 Å². The van der Waals surface area contributed by atoms with Crippen molar-refractivity contribution in [2.24, 2.45) is 0 Å². The molecule has 2 heteroatoms. The zero-order chi connectivity index (χ0) is 37.7. The third-order valence-corrected chi connectivity index (χ3v) is 11.4. The molecule has 0 aliphatic rings. The number of para-hydroxylation sites is 2. The van der Waals surface area contributed by atoms with Gasteiger partial charge in [0.15, 0.2) is 0 Å². The van der Waals surface area contributed by atoms with Gasteiger partial charge in [-0.05, 0) is 104 Å². The Balaban J connectivity index is 1.02. The van der Waals surface area contributed by atoms with Crippen molar-refractivity contribution in [2.75, 3.05) is 0 Å². The van der Waals surface area contributed by atoms with Crippen LogP contribution in [0.3, 0.4) is 0 Å². The molecule has 0 spiro atoms. The first-order valence-corrected chi connectivity index (χ1v) is 19.5. The first-order chi connectivity index (χ1) is 28.2. The van der Waals surface area contributed by atoms with E-state index < -0.39 is 0 Å². The van der Waals surface area contributed by atoms with Crippen LogP contribution in [-0.4, -0.2) is 0 Å². The van der Waals surface area contributed by atoms with Crippen molar-refractivity contribution in [3.63, 3.8) is 0 Å². The molecular formula is C55H36O2. The van der Waals surface area contributed by atoms with Gasteiger partial charge in [0.05, 0.1) is 0 Å². The Bertz CT molecular complexity index is 3080. The van der Waals surface area contributed by atoms with Crippen LogP contribution in [-0.2, 0) is 0 Å². The second-order valence-corrected chi connectivity index (χ2v) is 14.9. The molecule has 0 saturated carbocycles. The highest BCUT2D eigenvalue weighted by molar-refractivity contribution is 6.07. The molecule has 0 atom stereocenters. The normalized spacial score (nSPS) is 11.7. The summed E-state index contributed by atoms with van der Waals surface area (Å²) in [7, 11) is 0. The van der Waals surface area contributed by atoms with E-state index >= 15 is 0 Å². The fraction of sp³-hybridized carbons (Fsp3) is 0.0182. The fourth-order valence-electron chi connectivity index (χ4n) is 8.56. The molecular weight excluding hydrogens is 693 g/mol. The van der Waals surface area contributed by atoms with Crippen LogP contribution < -0.4 is 0 Å². The summed E-state index contributed by atoms with van der Waals surface area (Å²) < 4.78 is 12.3.